The van der Waals surface area contributed by atoms with Gasteiger partial charge in [0.15, 0.2) is 0 Å². The second-order valence-electron chi connectivity index (χ2n) is 11.7. The van der Waals surface area contributed by atoms with Gasteiger partial charge in [0, 0.05) is 34.6 Å². The van der Waals surface area contributed by atoms with Crippen LogP contribution in [-0.4, -0.2) is 43.8 Å². The van der Waals surface area contributed by atoms with Crippen molar-refractivity contribution < 1.29 is 18.0 Å². The number of rotatable bonds is 12. The highest BCUT2D eigenvalue weighted by molar-refractivity contribution is 7.92. The smallest absolute Gasteiger partial charge is 0.264 e. The molecule has 242 valence electrons. The molecule has 0 saturated heterocycles. The number of halogens is 2. The quantitative estimate of drug-likeness (QED) is 0.171. The molecule has 4 aromatic rings. The van der Waals surface area contributed by atoms with Crippen molar-refractivity contribution in [3.63, 3.8) is 0 Å². The number of anilines is 1. The second-order valence-corrected chi connectivity index (χ2v) is 14.4. The lowest BCUT2D eigenvalue weighted by atomic mass is 10.0. The third kappa shape index (κ3) is 8.49. The zero-order valence-corrected chi connectivity index (χ0v) is 29.0. The maximum Gasteiger partial charge on any atom is 0.264 e. The van der Waals surface area contributed by atoms with Gasteiger partial charge in [-0.05, 0) is 76.1 Å². The number of benzene rings is 4. The van der Waals surface area contributed by atoms with E-state index >= 15 is 0 Å². The van der Waals surface area contributed by atoms with Crippen molar-refractivity contribution in [2.24, 2.45) is 0 Å². The third-order valence-corrected chi connectivity index (χ3v) is 10.1. The first-order chi connectivity index (χ1) is 21.8. The molecular weight excluding hydrogens is 641 g/mol. The number of hydrogen-bond acceptors (Lipinski definition) is 4. The Labute approximate surface area is 282 Å². The van der Waals surface area contributed by atoms with Gasteiger partial charge in [-0.15, -0.1) is 0 Å². The van der Waals surface area contributed by atoms with E-state index in [0.717, 1.165) is 21.0 Å². The van der Waals surface area contributed by atoms with Gasteiger partial charge in [-0.1, -0.05) is 95.0 Å². The van der Waals surface area contributed by atoms with Gasteiger partial charge in [0.25, 0.3) is 10.0 Å². The first kappa shape index (κ1) is 35.0. The predicted molar refractivity (Wildman–Crippen MR) is 186 cm³/mol. The van der Waals surface area contributed by atoms with Crippen LogP contribution in [0, 0.1) is 20.8 Å². The number of amides is 2. The molecule has 1 N–H and O–H groups in total. The standard InChI is InChI=1S/C36H39Cl2N3O4S/c1-24(2)39-36(43)34(21-28-10-7-6-8-11-28)40(22-30-31(37)12-9-13-32(30)38)35(42)23-41(33-19-16-26(4)20-27(33)5)46(44,45)29-17-14-25(3)15-18-29/h6-20,24,34H,21-23H2,1-5H3,(H,39,43). The van der Waals surface area contributed by atoms with Crippen LogP contribution in [0.2, 0.25) is 10.0 Å². The molecule has 0 aliphatic heterocycles. The molecule has 1 unspecified atom stereocenters. The minimum absolute atomic E-state index is 0.0463. The lowest BCUT2D eigenvalue weighted by molar-refractivity contribution is -0.140. The minimum atomic E-state index is -4.21. The van der Waals surface area contributed by atoms with E-state index in [9.17, 15) is 18.0 Å². The van der Waals surface area contributed by atoms with Crippen LogP contribution in [0.15, 0.2) is 95.9 Å². The van der Waals surface area contributed by atoms with Crippen molar-refractivity contribution in [3.8, 4) is 0 Å². The first-order valence-electron chi connectivity index (χ1n) is 15.0. The number of nitrogens with one attached hydrogen (secondary N) is 1. The molecule has 0 fully saturated rings. The van der Waals surface area contributed by atoms with Crippen LogP contribution in [0.1, 0.15) is 41.7 Å². The van der Waals surface area contributed by atoms with Crippen LogP contribution in [0.5, 0.6) is 0 Å². The van der Waals surface area contributed by atoms with E-state index in [4.69, 9.17) is 23.2 Å². The van der Waals surface area contributed by atoms with Gasteiger partial charge in [-0.25, -0.2) is 8.42 Å². The summed E-state index contributed by atoms with van der Waals surface area (Å²) in [5.41, 5.74) is 4.17. The molecule has 0 aliphatic carbocycles. The lowest BCUT2D eigenvalue weighted by Crippen LogP contribution is -2.54. The van der Waals surface area contributed by atoms with E-state index in [1.165, 1.54) is 17.0 Å². The highest BCUT2D eigenvalue weighted by Gasteiger charge is 2.35. The van der Waals surface area contributed by atoms with Gasteiger partial charge >= 0.3 is 0 Å². The topological polar surface area (TPSA) is 86.8 Å². The number of sulfonamides is 1. The fourth-order valence-corrected chi connectivity index (χ4v) is 7.22. The van der Waals surface area contributed by atoms with Crippen LogP contribution in [0.4, 0.5) is 5.69 Å². The van der Waals surface area contributed by atoms with E-state index in [1.54, 1.807) is 49.4 Å². The molecule has 46 heavy (non-hydrogen) atoms. The van der Waals surface area contributed by atoms with Crippen LogP contribution >= 0.6 is 23.2 Å². The summed E-state index contributed by atoms with van der Waals surface area (Å²) in [7, 11) is -4.21. The fraction of sp³-hybridized carbons (Fsp3) is 0.278. The monoisotopic (exact) mass is 679 g/mol. The van der Waals surface area contributed by atoms with Crippen molar-refractivity contribution in [1.29, 1.82) is 0 Å². The summed E-state index contributed by atoms with van der Waals surface area (Å²) in [4.78, 5) is 29.9. The van der Waals surface area contributed by atoms with Crippen LogP contribution < -0.4 is 9.62 Å². The van der Waals surface area contributed by atoms with Gasteiger partial charge in [-0.2, -0.15) is 0 Å². The van der Waals surface area contributed by atoms with Crippen molar-refractivity contribution in [2.45, 2.75) is 64.6 Å². The highest BCUT2D eigenvalue weighted by atomic mass is 35.5. The zero-order chi connectivity index (χ0) is 33.6. The van der Waals surface area contributed by atoms with Crippen LogP contribution in [0.3, 0.4) is 0 Å². The predicted octanol–water partition coefficient (Wildman–Crippen LogP) is 7.28. The largest absolute Gasteiger partial charge is 0.352 e. The number of aryl methyl sites for hydroxylation is 3. The summed E-state index contributed by atoms with van der Waals surface area (Å²) in [6.07, 6.45) is 0.182. The molecule has 7 nitrogen and oxygen atoms in total. The van der Waals surface area contributed by atoms with E-state index in [1.807, 2.05) is 64.1 Å². The van der Waals surface area contributed by atoms with Crippen molar-refractivity contribution in [2.75, 3.05) is 10.8 Å². The Bertz CT molecular complexity index is 1780. The van der Waals surface area contributed by atoms with Crippen molar-refractivity contribution in [3.05, 3.63) is 129 Å². The molecule has 2 amide bonds. The number of nitrogens with zero attached hydrogens (tertiary/aromatic N) is 2. The molecule has 4 rings (SSSR count). The average Bonchev–Trinajstić information content (AvgIpc) is 2.99. The SMILES string of the molecule is Cc1ccc(S(=O)(=O)N(CC(=O)N(Cc2c(Cl)cccc2Cl)C(Cc2ccccc2)C(=O)NC(C)C)c2ccc(C)cc2C)cc1. The summed E-state index contributed by atoms with van der Waals surface area (Å²) in [6, 6.07) is 25.0. The Morgan fingerprint density at radius 1 is 0.804 bits per heavy atom. The number of carbonyl (C=O) groups excluding carboxylic acids is 2. The summed E-state index contributed by atoms with van der Waals surface area (Å²) in [6.45, 7) is 8.58. The molecule has 0 spiro atoms. The minimum Gasteiger partial charge on any atom is -0.352 e. The van der Waals surface area contributed by atoms with E-state index < -0.39 is 28.5 Å². The zero-order valence-electron chi connectivity index (χ0n) is 26.6. The Balaban J connectivity index is 1.86. The van der Waals surface area contributed by atoms with Crippen LogP contribution in [-0.2, 0) is 32.6 Å². The molecule has 0 aromatic heterocycles. The normalized spacial score (nSPS) is 12.1. The molecule has 0 radical (unpaired) electrons. The number of carbonyl (C=O) groups is 2. The first-order valence-corrected chi connectivity index (χ1v) is 17.2. The molecule has 0 saturated carbocycles. The van der Waals surface area contributed by atoms with Crippen molar-refractivity contribution in [1.82, 2.24) is 10.2 Å². The van der Waals surface area contributed by atoms with Gasteiger partial charge in [0.2, 0.25) is 11.8 Å². The second kappa shape index (κ2) is 15.2. The average molecular weight is 681 g/mol. The maximum atomic E-state index is 14.6. The molecule has 4 aromatic carbocycles. The molecule has 0 bridgehead atoms. The molecule has 1 atom stereocenters. The number of hydrogen-bond donors (Lipinski definition) is 1. The Hall–Kier alpha value is -3.85. The van der Waals surface area contributed by atoms with Gasteiger partial charge in [-0.3, -0.25) is 13.9 Å². The Morgan fingerprint density at radius 2 is 1.41 bits per heavy atom. The summed E-state index contributed by atoms with van der Waals surface area (Å²) < 4.78 is 29.7. The molecule has 10 heteroatoms. The van der Waals surface area contributed by atoms with E-state index in [-0.39, 0.29) is 29.8 Å². The summed E-state index contributed by atoms with van der Waals surface area (Å²) in [5, 5.41) is 3.60. The molecular formula is C36H39Cl2N3O4S. The fourth-order valence-electron chi connectivity index (χ4n) is 5.22. The van der Waals surface area contributed by atoms with E-state index in [2.05, 4.69) is 5.32 Å². The summed E-state index contributed by atoms with van der Waals surface area (Å²) >= 11 is 13.2. The van der Waals surface area contributed by atoms with Gasteiger partial charge in [0.1, 0.15) is 12.6 Å². The van der Waals surface area contributed by atoms with Crippen LogP contribution in [0.25, 0.3) is 0 Å². The maximum absolute atomic E-state index is 14.6. The molecule has 0 aliphatic rings. The lowest BCUT2D eigenvalue weighted by Gasteiger charge is -2.35. The van der Waals surface area contributed by atoms with Gasteiger partial charge in [0.05, 0.1) is 10.6 Å². The highest BCUT2D eigenvalue weighted by Crippen LogP contribution is 2.30. The Kier molecular flexibility index (Phi) is 11.5. The van der Waals surface area contributed by atoms with Crippen molar-refractivity contribution >= 4 is 50.7 Å². The third-order valence-electron chi connectivity index (χ3n) is 7.60. The van der Waals surface area contributed by atoms with Gasteiger partial charge < -0.3 is 10.2 Å². The summed E-state index contributed by atoms with van der Waals surface area (Å²) in [5.74, 6) is -0.971. The molecule has 0 heterocycles. The van der Waals surface area contributed by atoms with E-state index in [0.29, 0.717) is 26.9 Å². The Morgan fingerprint density at radius 3 is 2.00 bits per heavy atom.